The van der Waals surface area contributed by atoms with Gasteiger partial charge in [-0.2, -0.15) is 0 Å². The predicted molar refractivity (Wildman–Crippen MR) is 89.0 cm³/mol. The summed E-state index contributed by atoms with van der Waals surface area (Å²) in [4.78, 5) is 37.1. The molecule has 22 heavy (non-hydrogen) atoms. The van der Waals surface area contributed by atoms with Crippen LogP contribution >= 0.6 is 31.9 Å². The van der Waals surface area contributed by atoms with Crippen LogP contribution < -0.4 is 4.90 Å². The van der Waals surface area contributed by atoms with Gasteiger partial charge in [0.25, 0.3) is 11.7 Å². The lowest BCUT2D eigenvalue weighted by Crippen LogP contribution is -2.35. The molecule has 0 N–H and O–H groups in total. The first-order chi connectivity index (χ1) is 10.5. The summed E-state index contributed by atoms with van der Waals surface area (Å²) in [5.41, 5.74) is 0.703. The first-order valence-corrected chi connectivity index (χ1v) is 8.55. The highest BCUT2D eigenvalue weighted by Crippen LogP contribution is 2.38. The van der Waals surface area contributed by atoms with Crippen molar-refractivity contribution in [2.45, 2.75) is 26.2 Å². The van der Waals surface area contributed by atoms with Crippen LogP contribution in [-0.2, 0) is 14.3 Å². The largest absolute Gasteiger partial charge is 0.464 e. The van der Waals surface area contributed by atoms with Gasteiger partial charge < -0.3 is 4.74 Å². The maximum atomic E-state index is 12.1. The second-order valence-electron chi connectivity index (χ2n) is 4.93. The van der Waals surface area contributed by atoms with Crippen LogP contribution in [0.1, 0.15) is 36.5 Å². The highest BCUT2D eigenvalue weighted by molar-refractivity contribution is 9.11. The third-order valence-corrected chi connectivity index (χ3v) is 4.34. The molecule has 1 amide bonds. The highest BCUT2D eigenvalue weighted by atomic mass is 79.9. The van der Waals surface area contributed by atoms with Gasteiger partial charge in [-0.1, -0.05) is 35.7 Å². The Bertz CT molecular complexity index is 630. The SMILES string of the molecule is CCCCCOC(=O)CN1C(=O)C(=O)c2cc(Br)cc(Br)c21. The molecule has 0 spiro atoms. The number of hydrogen-bond acceptors (Lipinski definition) is 4. The van der Waals surface area contributed by atoms with Crippen LogP contribution in [0.25, 0.3) is 0 Å². The van der Waals surface area contributed by atoms with E-state index >= 15 is 0 Å². The summed E-state index contributed by atoms with van der Waals surface area (Å²) in [6, 6.07) is 3.30. The lowest BCUT2D eigenvalue weighted by Gasteiger charge is -2.17. The molecule has 0 unspecified atom stereocenters. The minimum Gasteiger partial charge on any atom is -0.464 e. The molecule has 1 aliphatic heterocycles. The molecule has 0 aromatic heterocycles. The van der Waals surface area contributed by atoms with E-state index in [0.29, 0.717) is 21.2 Å². The molecule has 7 heteroatoms. The monoisotopic (exact) mass is 431 g/mol. The Morgan fingerprint density at radius 2 is 1.95 bits per heavy atom. The topological polar surface area (TPSA) is 63.7 Å². The number of amides is 1. The number of nitrogens with zero attached hydrogens (tertiary/aromatic N) is 1. The number of anilines is 1. The lowest BCUT2D eigenvalue weighted by atomic mass is 10.1. The first kappa shape index (κ1) is 17.1. The minimum absolute atomic E-state index is 0.260. The second kappa shape index (κ2) is 7.37. The van der Waals surface area contributed by atoms with Crippen molar-refractivity contribution in [3.8, 4) is 0 Å². The first-order valence-electron chi connectivity index (χ1n) is 6.96. The summed E-state index contributed by atoms with van der Waals surface area (Å²) in [5.74, 6) is -1.84. The van der Waals surface area contributed by atoms with Gasteiger partial charge in [-0.15, -0.1) is 0 Å². The van der Waals surface area contributed by atoms with E-state index < -0.39 is 17.7 Å². The number of Topliss-reactive ketones (excluding diaryl/α,β-unsaturated/α-hetero) is 1. The van der Waals surface area contributed by atoms with E-state index in [1.54, 1.807) is 12.1 Å². The summed E-state index contributed by atoms with van der Waals surface area (Å²) in [6.07, 6.45) is 2.81. The Balaban J connectivity index is 2.12. The van der Waals surface area contributed by atoms with Crippen molar-refractivity contribution in [1.29, 1.82) is 0 Å². The summed E-state index contributed by atoms with van der Waals surface area (Å²) < 4.78 is 6.36. The maximum Gasteiger partial charge on any atom is 0.326 e. The molecule has 0 aliphatic carbocycles. The summed E-state index contributed by atoms with van der Waals surface area (Å²) >= 11 is 6.61. The Morgan fingerprint density at radius 1 is 1.23 bits per heavy atom. The van der Waals surface area contributed by atoms with Crippen LogP contribution in [0.3, 0.4) is 0 Å². The number of carbonyl (C=O) groups excluding carboxylic acids is 3. The number of halogens is 2. The third kappa shape index (κ3) is 3.57. The van der Waals surface area contributed by atoms with Gasteiger partial charge in [-0.05, 0) is 34.5 Å². The van der Waals surface area contributed by atoms with E-state index in [1.807, 2.05) is 0 Å². The number of carbonyl (C=O) groups is 3. The van der Waals surface area contributed by atoms with Gasteiger partial charge in [0, 0.05) is 8.95 Å². The fraction of sp³-hybridized carbons (Fsp3) is 0.400. The number of fused-ring (bicyclic) bond motifs is 1. The molecule has 0 bridgehead atoms. The van der Waals surface area contributed by atoms with Crippen molar-refractivity contribution in [3.63, 3.8) is 0 Å². The smallest absolute Gasteiger partial charge is 0.326 e. The number of ketones is 1. The molecule has 0 fully saturated rings. The fourth-order valence-corrected chi connectivity index (χ4v) is 3.66. The van der Waals surface area contributed by atoms with Crippen LogP contribution in [0.2, 0.25) is 0 Å². The highest BCUT2D eigenvalue weighted by Gasteiger charge is 2.38. The predicted octanol–water partition coefficient (Wildman–Crippen LogP) is 3.47. The molecule has 1 aliphatic rings. The summed E-state index contributed by atoms with van der Waals surface area (Å²) in [7, 11) is 0. The van der Waals surface area contributed by atoms with Crippen molar-refractivity contribution >= 4 is 55.2 Å². The zero-order valence-electron chi connectivity index (χ0n) is 12.0. The van der Waals surface area contributed by atoms with E-state index in [0.717, 1.165) is 24.2 Å². The molecule has 5 nitrogen and oxygen atoms in total. The summed E-state index contributed by atoms with van der Waals surface area (Å²) in [5, 5.41) is 0. The number of rotatable bonds is 6. The van der Waals surface area contributed by atoms with Gasteiger partial charge in [0.15, 0.2) is 0 Å². The van der Waals surface area contributed by atoms with Crippen LogP contribution in [-0.4, -0.2) is 30.8 Å². The van der Waals surface area contributed by atoms with Crippen LogP contribution in [0.5, 0.6) is 0 Å². The normalized spacial score (nSPS) is 13.5. The number of hydrogen-bond donors (Lipinski definition) is 0. The van der Waals surface area contributed by atoms with Crippen molar-refractivity contribution in [1.82, 2.24) is 0 Å². The maximum absolute atomic E-state index is 12.1. The number of unbranched alkanes of at least 4 members (excludes halogenated alkanes) is 2. The molecule has 1 aromatic rings. The number of esters is 1. The van der Waals surface area contributed by atoms with Crippen molar-refractivity contribution in [2.75, 3.05) is 18.1 Å². The molecule has 0 radical (unpaired) electrons. The average Bonchev–Trinajstić information content (AvgIpc) is 2.69. The van der Waals surface area contributed by atoms with Crippen LogP contribution in [0.15, 0.2) is 21.1 Å². The van der Waals surface area contributed by atoms with E-state index in [4.69, 9.17) is 4.74 Å². The fourth-order valence-electron chi connectivity index (χ4n) is 2.22. The Labute approximate surface area is 145 Å². The Kier molecular flexibility index (Phi) is 5.74. The molecule has 1 heterocycles. The zero-order valence-corrected chi connectivity index (χ0v) is 15.2. The molecular formula is C15H15Br2NO4. The molecule has 0 atom stereocenters. The average molecular weight is 433 g/mol. The molecule has 0 saturated carbocycles. The van der Waals surface area contributed by atoms with Gasteiger partial charge in [-0.25, -0.2) is 0 Å². The van der Waals surface area contributed by atoms with Gasteiger partial charge in [0.05, 0.1) is 17.9 Å². The standard InChI is InChI=1S/C15H15Br2NO4/c1-2-3-4-5-22-12(19)8-18-13-10(14(20)15(18)21)6-9(16)7-11(13)17/h6-7H,2-5,8H2,1H3. The van der Waals surface area contributed by atoms with Crippen LogP contribution in [0, 0.1) is 0 Å². The van der Waals surface area contributed by atoms with E-state index in [2.05, 4.69) is 38.8 Å². The zero-order chi connectivity index (χ0) is 16.3. The Hall–Kier alpha value is -1.21. The molecule has 1 aromatic carbocycles. The number of benzene rings is 1. The molecular weight excluding hydrogens is 418 g/mol. The van der Waals surface area contributed by atoms with E-state index in [-0.39, 0.29) is 12.1 Å². The van der Waals surface area contributed by atoms with E-state index in [9.17, 15) is 14.4 Å². The van der Waals surface area contributed by atoms with Gasteiger partial charge in [-0.3, -0.25) is 19.3 Å². The number of ether oxygens (including phenoxy) is 1. The van der Waals surface area contributed by atoms with Crippen LogP contribution in [0.4, 0.5) is 5.69 Å². The molecule has 118 valence electrons. The third-order valence-electron chi connectivity index (χ3n) is 3.28. The van der Waals surface area contributed by atoms with Crippen molar-refractivity contribution in [3.05, 3.63) is 26.6 Å². The molecule has 2 rings (SSSR count). The summed E-state index contributed by atoms with van der Waals surface area (Å²) in [6.45, 7) is 2.13. The lowest BCUT2D eigenvalue weighted by molar-refractivity contribution is -0.142. The second-order valence-corrected chi connectivity index (χ2v) is 6.70. The van der Waals surface area contributed by atoms with E-state index in [1.165, 1.54) is 0 Å². The minimum atomic E-state index is -0.709. The van der Waals surface area contributed by atoms with Gasteiger partial charge in [0.1, 0.15) is 6.54 Å². The Morgan fingerprint density at radius 3 is 2.64 bits per heavy atom. The van der Waals surface area contributed by atoms with Gasteiger partial charge in [0.2, 0.25) is 0 Å². The van der Waals surface area contributed by atoms with Crippen molar-refractivity contribution < 1.29 is 19.1 Å². The van der Waals surface area contributed by atoms with Crippen molar-refractivity contribution in [2.24, 2.45) is 0 Å². The quantitative estimate of drug-likeness (QED) is 0.392. The van der Waals surface area contributed by atoms with Gasteiger partial charge >= 0.3 is 5.97 Å². The molecule has 0 saturated heterocycles.